The van der Waals surface area contributed by atoms with Crippen LogP contribution in [0.1, 0.15) is 67.7 Å². The standard InChI is InChI=1S/C13H28N2O4.3C2H6/c1-2-3-4-13(16)15-6-8-18-10-12-19-11-9-17-7-5-14;3*1-2/h2-12,14H2,1H3,(H,15,16);3*1-2H3. The molecule has 0 rings (SSSR count). The molecule has 0 saturated heterocycles. The summed E-state index contributed by atoms with van der Waals surface area (Å²) in [5, 5.41) is 2.81. The molecule has 0 aliphatic heterocycles. The van der Waals surface area contributed by atoms with Gasteiger partial charge >= 0.3 is 0 Å². The molecule has 25 heavy (non-hydrogen) atoms. The van der Waals surface area contributed by atoms with E-state index in [-0.39, 0.29) is 5.91 Å². The van der Waals surface area contributed by atoms with Gasteiger partial charge in [0.15, 0.2) is 0 Å². The normalized spacial score (nSPS) is 8.80. The molecule has 0 aromatic rings. The highest BCUT2D eigenvalue weighted by molar-refractivity contribution is 5.75. The molecule has 0 bridgehead atoms. The smallest absolute Gasteiger partial charge is 0.220 e. The maximum Gasteiger partial charge on any atom is 0.220 e. The third-order valence-electron chi connectivity index (χ3n) is 2.33. The fraction of sp³-hybridized carbons (Fsp3) is 0.947. The van der Waals surface area contributed by atoms with E-state index in [0.29, 0.717) is 59.2 Å². The van der Waals surface area contributed by atoms with Crippen LogP contribution in [0.15, 0.2) is 0 Å². The lowest BCUT2D eigenvalue weighted by molar-refractivity contribution is -0.121. The van der Waals surface area contributed by atoms with E-state index in [4.69, 9.17) is 19.9 Å². The summed E-state index contributed by atoms with van der Waals surface area (Å²) < 4.78 is 15.7. The van der Waals surface area contributed by atoms with Crippen LogP contribution < -0.4 is 11.1 Å². The SMILES string of the molecule is CC.CC.CC.CCCCC(=O)NCCOCCOCCOCCN. The Morgan fingerprint density at radius 3 is 1.68 bits per heavy atom. The molecule has 0 aliphatic carbocycles. The minimum absolute atomic E-state index is 0.0961. The minimum Gasteiger partial charge on any atom is -0.378 e. The van der Waals surface area contributed by atoms with Gasteiger partial charge in [-0.3, -0.25) is 4.79 Å². The van der Waals surface area contributed by atoms with E-state index in [2.05, 4.69) is 12.2 Å². The maximum atomic E-state index is 11.2. The van der Waals surface area contributed by atoms with Crippen molar-refractivity contribution in [3.05, 3.63) is 0 Å². The van der Waals surface area contributed by atoms with Crippen LogP contribution in [0.5, 0.6) is 0 Å². The molecular formula is C19H46N2O4. The second-order valence-electron chi connectivity index (χ2n) is 4.08. The van der Waals surface area contributed by atoms with Crippen LogP contribution >= 0.6 is 0 Å². The van der Waals surface area contributed by atoms with Crippen molar-refractivity contribution in [2.75, 3.05) is 52.7 Å². The Labute approximate surface area is 157 Å². The quantitative estimate of drug-likeness (QED) is 0.461. The molecule has 0 aliphatic rings. The van der Waals surface area contributed by atoms with Crippen LogP contribution in [-0.4, -0.2) is 58.6 Å². The first-order chi connectivity index (χ1) is 12.3. The molecule has 0 unspecified atom stereocenters. The molecule has 0 saturated carbocycles. The Hall–Kier alpha value is -0.690. The Kier molecular flexibility index (Phi) is 49.6. The van der Waals surface area contributed by atoms with Crippen LogP contribution in [0, 0.1) is 0 Å². The predicted octanol–water partition coefficient (Wildman–Crippen LogP) is 3.38. The molecule has 6 nitrogen and oxygen atoms in total. The molecule has 0 aromatic carbocycles. The molecule has 0 spiro atoms. The van der Waals surface area contributed by atoms with Crippen LogP contribution in [0.4, 0.5) is 0 Å². The summed E-state index contributed by atoms with van der Waals surface area (Å²) in [5.74, 6) is 0.0961. The molecule has 0 heterocycles. The Morgan fingerprint density at radius 1 is 0.800 bits per heavy atom. The highest BCUT2D eigenvalue weighted by Gasteiger charge is 1.98. The Morgan fingerprint density at radius 2 is 1.24 bits per heavy atom. The number of ether oxygens (including phenoxy) is 3. The predicted molar refractivity (Wildman–Crippen MR) is 108 cm³/mol. The van der Waals surface area contributed by atoms with Gasteiger partial charge < -0.3 is 25.3 Å². The average Bonchev–Trinajstić information content (AvgIpc) is 2.69. The minimum atomic E-state index is 0.0961. The number of carbonyl (C=O) groups excluding carboxylic acids is 1. The maximum absolute atomic E-state index is 11.2. The zero-order chi connectivity index (χ0) is 20.2. The molecule has 3 N–H and O–H groups in total. The third kappa shape index (κ3) is 39.8. The lowest BCUT2D eigenvalue weighted by Gasteiger charge is -2.07. The number of nitrogens with two attached hydrogens (primary N) is 1. The van der Waals surface area contributed by atoms with Crippen LogP contribution in [0.25, 0.3) is 0 Å². The van der Waals surface area contributed by atoms with Crippen molar-refractivity contribution in [3.8, 4) is 0 Å². The van der Waals surface area contributed by atoms with Crippen molar-refractivity contribution in [1.29, 1.82) is 0 Å². The number of nitrogens with one attached hydrogen (secondary N) is 1. The van der Waals surface area contributed by atoms with Crippen molar-refractivity contribution in [3.63, 3.8) is 0 Å². The van der Waals surface area contributed by atoms with Crippen molar-refractivity contribution in [1.82, 2.24) is 5.32 Å². The summed E-state index contributed by atoms with van der Waals surface area (Å²) in [5.41, 5.74) is 5.27. The fourth-order valence-corrected chi connectivity index (χ4v) is 1.31. The fourth-order valence-electron chi connectivity index (χ4n) is 1.31. The van der Waals surface area contributed by atoms with Crippen molar-refractivity contribution < 1.29 is 19.0 Å². The summed E-state index contributed by atoms with van der Waals surface area (Å²) >= 11 is 0. The summed E-state index contributed by atoms with van der Waals surface area (Å²) in [4.78, 5) is 11.2. The van der Waals surface area contributed by atoms with E-state index >= 15 is 0 Å². The van der Waals surface area contributed by atoms with Gasteiger partial charge in [-0.25, -0.2) is 0 Å². The van der Waals surface area contributed by atoms with Gasteiger partial charge in [0.1, 0.15) is 0 Å². The molecule has 156 valence electrons. The molecule has 0 fully saturated rings. The van der Waals surface area contributed by atoms with Crippen LogP contribution in [0.3, 0.4) is 0 Å². The van der Waals surface area contributed by atoms with Crippen molar-refractivity contribution >= 4 is 5.91 Å². The third-order valence-corrected chi connectivity index (χ3v) is 2.33. The topological polar surface area (TPSA) is 82.8 Å². The number of hydrogen-bond acceptors (Lipinski definition) is 5. The zero-order valence-electron chi connectivity index (χ0n) is 18.0. The van der Waals surface area contributed by atoms with E-state index < -0.39 is 0 Å². The van der Waals surface area contributed by atoms with Crippen LogP contribution in [0.2, 0.25) is 0 Å². The first-order valence-electron chi connectivity index (χ1n) is 10.0. The van der Waals surface area contributed by atoms with E-state index in [1.165, 1.54) is 0 Å². The second-order valence-corrected chi connectivity index (χ2v) is 4.08. The monoisotopic (exact) mass is 366 g/mol. The Bertz CT molecular complexity index is 206. The lowest BCUT2D eigenvalue weighted by atomic mass is 10.2. The van der Waals surface area contributed by atoms with Crippen molar-refractivity contribution in [2.24, 2.45) is 5.73 Å². The van der Waals surface area contributed by atoms with Gasteiger partial charge in [-0.15, -0.1) is 0 Å². The van der Waals surface area contributed by atoms with Gasteiger partial charge in [-0.05, 0) is 6.42 Å². The molecule has 0 aromatic heterocycles. The highest BCUT2D eigenvalue weighted by atomic mass is 16.5. The average molecular weight is 367 g/mol. The number of amides is 1. The molecule has 0 atom stereocenters. The van der Waals surface area contributed by atoms with Gasteiger partial charge in [-0.1, -0.05) is 54.9 Å². The second kappa shape index (κ2) is 38.7. The van der Waals surface area contributed by atoms with E-state index in [1.54, 1.807) is 0 Å². The van der Waals surface area contributed by atoms with Crippen molar-refractivity contribution in [2.45, 2.75) is 67.7 Å². The number of carbonyl (C=O) groups is 1. The van der Waals surface area contributed by atoms with Gasteiger partial charge in [0.05, 0.1) is 39.6 Å². The number of hydrogen-bond donors (Lipinski definition) is 2. The van der Waals surface area contributed by atoms with E-state index in [1.807, 2.05) is 41.5 Å². The first kappa shape index (κ1) is 32.0. The summed E-state index contributed by atoms with van der Waals surface area (Å²) in [7, 11) is 0. The first-order valence-corrected chi connectivity index (χ1v) is 10.0. The summed E-state index contributed by atoms with van der Waals surface area (Å²) in [6.45, 7) is 18.4. The number of unbranched alkanes of at least 4 members (excludes halogenated alkanes) is 1. The van der Waals surface area contributed by atoms with E-state index in [0.717, 1.165) is 12.8 Å². The lowest BCUT2D eigenvalue weighted by Crippen LogP contribution is -2.27. The molecule has 6 heteroatoms. The highest BCUT2D eigenvalue weighted by Crippen LogP contribution is 1.92. The summed E-state index contributed by atoms with van der Waals surface area (Å²) in [6.07, 6.45) is 2.57. The summed E-state index contributed by atoms with van der Waals surface area (Å²) in [6, 6.07) is 0. The molecular weight excluding hydrogens is 320 g/mol. The molecule has 1 amide bonds. The largest absolute Gasteiger partial charge is 0.378 e. The Balaban J connectivity index is -0.000000329. The van der Waals surface area contributed by atoms with Gasteiger partial charge in [0.25, 0.3) is 0 Å². The van der Waals surface area contributed by atoms with Gasteiger partial charge in [-0.2, -0.15) is 0 Å². The zero-order valence-corrected chi connectivity index (χ0v) is 18.0. The molecule has 0 radical (unpaired) electrons. The number of rotatable bonds is 14. The van der Waals surface area contributed by atoms with E-state index in [9.17, 15) is 4.79 Å². The van der Waals surface area contributed by atoms with Gasteiger partial charge in [0.2, 0.25) is 5.91 Å². The van der Waals surface area contributed by atoms with Gasteiger partial charge in [0, 0.05) is 19.5 Å². The van der Waals surface area contributed by atoms with Crippen LogP contribution in [-0.2, 0) is 19.0 Å².